The zero-order chi connectivity index (χ0) is 22.4. The molecule has 8 nitrogen and oxygen atoms in total. The largest absolute Gasteiger partial charge is 0.494 e. The van der Waals surface area contributed by atoms with Crippen molar-refractivity contribution in [3.05, 3.63) is 46.8 Å². The molecule has 31 heavy (non-hydrogen) atoms. The lowest BCUT2D eigenvalue weighted by molar-refractivity contribution is -0.151. The smallest absolute Gasteiger partial charge is 0.310 e. The molecule has 2 aromatic rings. The third-order valence-electron chi connectivity index (χ3n) is 5.36. The van der Waals surface area contributed by atoms with Crippen LogP contribution >= 0.6 is 0 Å². The predicted molar refractivity (Wildman–Crippen MR) is 116 cm³/mol. The number of hydrogen-bond donors (Lipinski definition) is 0. The van der Waals surface area contributed by atoms with Gasteiger partial charge in [-0.2, -0.15) is 5.10 Å². The summed E-state index contributed by atoms with van der Waals surface area (Å²) < 4.78 is 11.8. The van der Waals surface area contributed by atoms with Gasteiger partial charge in [0.2, 0.25) is 5.91 Å². The van der Waals surface area contributed by atoms with Crippen LogP contribution in [0.15, 0.2) is 41.2 Å². The maximum atomic E-state index is 13.1. The number of carbonyl (C=O) groups is 2. The third kappa shape index (κ3) is 5.31. The van der Waals surface area contributed by atoms with E-state index in [4.69, 9.17) is 9.47 Å². The number of carbonyl (C=O) groups excluding carboxylic acids is 2. The maximum Gasteiger partial charge on any atom is 0.310 e. The number of hydrogen-bond acceptors (Lipinski definition) is 6. The Bertz CT molecular complexity index is 970. The molecule has 0 spiro atoms. The summed E-state index contributed by atoms with van der Waals surface area (Å²) in [5.74, 6) is -0.0815. The van der Waals surface area contributed by atoms with Crippen molar-refractivity contribution in [1.82, 2.24) is 14.7 Å². The number of amides is 1. The van der Waals surface area contributed by atoms with Crippen LogP contribution in [0.5, 0.6) is 5.75 Å². The minimum atomic E-state index is -0.781. The summed E-state index contributed by atoms with van der Waals surface area (Å²) in [4.78, 5) is 39.3. The summed E-state index contributed by atoms with van der Waals surface area (Å²) in [6, 6.07) is 9.69. The number of nitrogens with zero attached hydrogens (tertiary/aromatic N) is 3. The maximum absolute atomic E-state index is 13.1. The van der Waals surface area contributed by atoms with Gasteiger partial charge in [-0.15, -0.1) is 0 Å². The van der Waals surface area contributed by atoms with E-state index in [1.807, 2.05) is 31.2 Å². The molecule has 2 heterocycles. The molecule has 0 N–H and O–H groups in total. The summed E-state index contributed by atoms with van der Waals surface area (Å²) in [5, 5.41) is 4.44. The molecule has 2 atom stereocenters. The van der Waals surface area contributed by atoms with Crippen LogP contribution in [0.4, 0.5) is 0 Å². The van der Waals surface area contributed by atoms with Gasteiger partial charge in [0.15, 0.2) is 0 Å². The predicted octanol–water partition coefficient (Wildman–Crippen LogP) is 2.67. The highest BCUT2D eigenvalue weighted by Gasteiger charge is 2.32. The number of aromatic nitrogens is 2. The highest BCUT2D eigenvalue weighted by molar-refractivity contribution is 5.81. The molecule has 0 radical (unpaired) electrons. The Balaban J connectivity index is 1.78. The SMILES string of the molecule is CCOC(=O)C1CCCN(C(=O)C(C)n2nc(-c3ccc(OCC)cc3)ccc2=O)C1. The number of benzene rings is 1. The fourth-order valence-corrected chi connectivity index (χ4v) is 3.74. The van der Waals surface area contributed by atoms with Crippen LogP contribution in [0.3, 0.4) is 0 Å². The van der Waals surface area contributed by atoms with Crippen LogP contribution in [-0.4, -0.2) is 52.9 Å². The van der Waals surface area contributed by atoms with E-state index in [0.29, 0.717) is 38.4 Å². The Kier molecular flexibility index (Phi) is 7.44. The molecule has 0 bridgehead atoms. The van der Waals surface area contributed by atoms with Gasteiger partial charge in [-0.3, -0.25) is 14.4 Å². The first-order chi connectivity index (χ1) is 14.9. The van der Waals surface area contributed by atoms with Gasteiger partial charge >= 0.3 is 5.97 Å². The van der Waals surface area contributed by atoms with E-state index in [2.05, 4.69) is 5.10 Å². The molecule has 166 valence electrons. The fourth-order valence-electron chi connectivity index (χ4n) is 3.74. The van der Waals surface area contributed by atoms with Gasteiger partial charge in [0, 0.05) is 24.7 Å². The molecular formula is C23H29N3O5. The zero-order valence-corrected chi connectivity index (χ0v) is 18.2. The molecule has 1 aromatic carbocycles. The van der Waals surface area contributed by atoms with E-state index in [9.17, 15) is 14.4 Å². The zero-order valence-electron chi connectivity index (χ0n) is 18.2. The minimum Gasteiger partial charge on any atom is -0.494 e. The van der Waals surface area contributed by atoms with Gasteiger partial charge in [0.1, 0.15) is 11.8 Å². The summed E-state index contributed by atoms with van der Waals surface area (Å²) in [7, 11) is 0. The van der Waals surface area contributed by atoms with Crippen LogP contribution in [-0.2, 0) is 14.3 Å². The van der Waals surface area contributed by atoms with Crippen molar-refractivity contribution in [3.63, 3.8) is 0 Å². The lowest BCUT2D eigenvalue weighted by Gasteiger charge is -2.33. The summed E-state index contributed by atoms with van der Waals surface area (Å²) in [6.45, 7) is 7.09. The third-order valence-corrected chi connectivity index (χ3v) is 5.36. The van der Waals surface area contributed by atoms with Gasteiger partial charge < -0.3 is 14.4 Å². The molecule has 0 saturated carbocycles. The molecule has 1 saturated heterocycles. The molecule has 3 rings (SSSR count). The van der Waals surface area contributed by atoms with Crippen molar-refractivity contribution in [1.29, 1.82) is 0 Å². The van der Waals surface area contributed by atoms with Crippen molar-refractivity contribution in [2.75, 3.05) is 26.3 Å². The van der Waals surface area contributed by atoms with E-state index >= 15 is 0 Å². The molecular weight excluding hydrogens is 398 g/mol. The second-order valence-corrected chi connectivity index (χ2v) is 7.51. The van der Waals surface area contributed by atoms with Gasteiger partial charge in [0.05, 0.1) is 24.8 Å². The average Bonchev–Trinajstić information content (AvgIpc) is 2.79. The quantitative estimate of drug-likeness (QED) is 0.631. The van der Waals surface area contributed by atoms with Gasteiger partial charge in [-0.25, -0.2) is 4.68 Å². The van der Waals surface area contributed by atoms with Crippen LogP contribution < -0.4 is 10.3 Å². The Labute approximate surface area is 181 Å². The van der Waals surface area contributed by atoms with Crippen molar-refractivity contribution < 1.29 is 19.1 Å². The monoisotopic (exact) mass is 427 g/mol. The van der Waals surface area contributed by atoms with E-state index < -0.39 is 6.04 Å². The molecule has 1 aromatic heterocycles. The minimum absolute atomic E-state index is 0.229. The summed E-state index contributed by atoms with van der Waals surface area (Å²) >= 11 is 0. The van der Waals surface area contributed by atoms with Crippen LogP contribution in [0.2, 0.25) is 0 Å². The molecule has 2 unspecified atom stereocenters. The molecule has 8 heteroatoms. The number of ether oxygens (including phenoxy) is 2. The lowest BCUT2D eigenvalue weighted by Crippen LogP contribution is -2.46. The van der Waals surface area contributed by atoms with Gasteiger partial charge in [-0.1, -0.05) is 0 Å². The van der Waals surface area contributed by atoms with Crippen molar-refractivity contribution >= 4 is 11.9 Å². The van der Waals surface area contributed by atoms with Gasteiger partial charge in [-0.05, 0) is 63.9 Å². The van der Waals surface area contributed by atoms with Crippen molar-refractivity contribution in [2.24, 2.45) is 5.92 Å². The van der Waals surface area contributed by atoms with E-state index in [0.717, 1.165) is 17.7 Å². The summed E-state index contributed by atoms with van der Waals surface area (Å²) in [5.41, 5.74) is 1.05. The first-order valence-electron chi connectivity index (χ1n) is 10.7. The van der Waals surface area contributed by atoms with Crippen LogP contribution in [0, 0.1) is 5.92 Å². The molecule has 1 aliphatic heterocycles. The van der Waals surface area contributed by atoms with Crippen LogP contribution in [0.25, 0.3) is 11.3 Å². The standard InChI is InChI=1S/C23H29N3O5/c1-4-30-19-10-8-17(9-11-19)20-12-13-21(27)26(24-20)16(3)22(28)25-14-6-7-18(15-25)23(29)31-5-2/h8-13,16,18H,4-7,14-15H2,1-3H3. The lowest BCUT2D eigenvalue weighted by atomic mass is 9.97. The first-order valence-corrected chi connectivity index (χ1v) is 10.7. The van der Waals surface area contributed by atoms with Crippen molar-refractivity contribution in [3.8, 4) is 17.0 Å². The normalized spacial score (nSPS) is 17.1. The number of esters is 1. The topological polar surface area (TPSA) is 90.7 Å². The Morgan fingerprint density at radius 3 is 2.55 bits per heavy atom. The highest BCUT2D eigenvalue weighted by atomic mass is 16.5. The Morgan fingerprint density at radius 2 is 1.87 bits per heavy atom. The van der Waals surface area contributed by atoms with Gasteiger partial charge in [0.25, 0.3) is 5.56 Å². The van der Waals surface area contributed by atoms with Crippen molar-refractivity contribution in [2.45, 2.75) is 39.7 Å². The van der Waals surface area contributed by atoms with E-state index in [1.165, 1.54) is 10.7 Å². The first kappa shape index (κ1) is 22.5. The summed E-state index contributed by atoms with van der Waals surface area (Å²) in [6.07, 6.45) is 1.42. The average molecular weight is 428 g/mol. The second-order valence-electron chi connectivity index (χ2n) is 7.51. The molecule has 1 aliphatic rings. The molecule has 0 aliphatic carbocycles. The van der Waals surface area contributed by atoms with E-state index in [1.54, 1.807) is 24.8 Å². The number of rotatable bonds is 7. The second kappa shape index (κ2) is 10.2. The van der Waals surface area contributed by atoms with E-state index in [-0.39, 0.29) is 23.4 Å². The Hall–Kier alpha value is -3.16. The fraction of sp³-hybridized carbons (Fsp3) is 0.478. The highest BCUT2D eigenvalue weighted by Crippen LogP contribution is 2.22. The number of likely N-dealkylation sites (tertiary alicyclic amines) is 1. The molecule has 1 fully saturated rings. The molecule has 1 amide bonds. The number of piperidine rings is 1. The van der Waals surface area contributed by atoms with Crippen LogP contribution in [0.1, 0.15) is 39.7 Å². The Morgan fingerprint density at radius 1 is 1.13 bits per heavy atom.